The van der Waals surface area contributed by atoms with Gasteiger partial charge in [0, 0.05) is 17.0 Å². The van der Waals surface area contributed by atoms with Gasteiger partial charge < -0.3 is 10.1 Å². The topological polar surface area (TPSA) is 84.5 Å². The second-order valence-electron chi connectivity index (χ2n) is 5.59. The van der Waals surface area contributed by atoms with Crippen molar-refractivity contribution in [2.24, 2.45) is 0 Å². The second-order valence-corrected chi connectivity index (χ2v) is 8.39. The number of anilines is 1. The fourth-order valence-corrected chi connectivity index (χ4v) is 4.20. The molecule has 0 aliphatic heterocycles. The van der Waals surface area contributed by atoms with Gasteiger partial charge in [-0.1, -0.05) is 24.3 Å². The summed E-state index contributed by atoms with van der Waals surface area (Å²) >= 11 is 1.47. The predicted molar refractivity (Wildman–Crippen MR) is 106 cm³/mol. The van der Waals surface area contributed by atoms with Crippen molar-refractivity contribution >= 4 is 33.0 Å². The highest BCUT2D eigenvalue weighted by atomic mass is 32.2. The van der Waals surface area contributed by atoms with Crippen LogP contribution in [0.15, 0.2) is 70.9 Å². The Hall–Kier alpha value is -2.68. The highest BCUT2D eigenvalue weighted by Crippen LogP contribution is 2.24. The fourth-order valence-electron chi connectivity index (χ4n) is 2.41. The summed E-state index contributed by atoms with van der Waals surface area (Å²) in [6.45, 7) is 0.206. The van der Waals surface area contributed by atoms with Crippen LogP contribution in [-0.2, 0) is 16.6 Å². The first-order chi connectivity index (χ1) is 13.0. The minimum atomic E-state index is -3.73. The van der Waals surface area contributed by atoms with E-state index in [9.17, 15) is 13.2 Å². The van der Waals surface area contributed by atoms with Gasteiger partial charge in [0.15, 0.2) is 0 Å². The molecule has 0 aliphatic carbocycles. The maximum absolute atomic E-state index is 12.5. The number of thiophene rings is 1. The molecular formula is C19H18N2O4S2. The van der Waals surface area contributed by atoms with E-state index in [1.165, 1.54) is 36.6 Å². The number of carbonyl (C=O) groups excluding carboxylic acids is 1. The van der Waals surface area contributed by atoms with Crippen LogP contribution in [0.4, 0.5) is 5.69 Å². The summed E-state index contributed by atoms with van der Waals surface area (Å²) in [6.07, 6.45) is 0. The Kier molecular flexibility index (Phi) is 5.90. The SMILES string of the molecule is COc1ccccc1NC(=O)c1cccc(S(=O)(=O)NCc2cccs2)c1. The molecule has 140 valence electrons. The smallest absolute Gasteiger partial charge is 0.255 e. The van der Waals surface area contributed by atoms with Gasteiger partial charge in [-0.3, -0.25) is 4.79 Å². The molecule has 0 radical (unpaired) electrons. The van der Waals surface area contributed by atoms with Crippen LogP contribution in [0.1, 0.15) is 15.2 Å². The Morgan fingerprint density at radius 3 is 2.63 bits per heavy atom. The van der Waals surface area contributed by atoms with Crippen LogP contribution in [0.2, 0.25) is 0 Å². The molecule has 27 heavy (non-hydrogen) atoms. The molecule has 0 bridgehead atoms. The normalized spacial score (nSPS) is 11.1. The maximum atomic E-state index is 12.5. The summed E-state index contributed by atoms with van der Waals surface area (Å²) in [5.41, 5.74) is 0.744. The Labute approximate surface area is 161 Å². The van der Waals surface area contributed by atoms with E-state index in [1.54, 1.807) is 30.3 Å². The third kappa shape index (κ3) is 4.73. The molecule has 0 atom stereocenters. The molecule has 0 saturated carbocycles. The summed E-state index contributed by atoms with van der Waals surface area (Å²) in [5.74, 6) is 0.0991. The summed E-state index contributed by atoms with van der Waals surface area (Å²) in [5, 5.41) is 4.61. The molecule has 0 fully saturated rings. The van der Waals surface area contributed by atoms with Gasteiger partial charge in [-0.15, -0.1) is 11.3 Å². The third-order valence-electron chi connectivity index (χ3n) is 3.78. The molecule has 8 heteroatoms. The van der Waals surface area contributed by atoms with Gasteiger partial charge in [-0.25, -0.2) is 13.1 Å². The molecular weight excluding hydrogens is 384 g/mol. The minimum Gasteiger partial charge on any atom is -0.495 e. The van der Waals surface area contributed by atoms with Gasteiger partial charge in [0.25, 0.3) is 5.91 Å². The lowest BCUT2D eigenvalue weighted by Crippen LogP contribution is -2.23. The van der Waals surface area contributed by atoms with Crippen LogP contribution in [0.5, 0.6) is 5.75 Å². The lowest BCUT2D eigenvalue weighted by atomic mass is 10.2. The van der Waals surface area contributed by atoms with Crippen molar-refractivity contribution in [1.29, 1.82) is 0 Å². The molecule has 0 saturated heterocycles. The number of benzene rings is 2. The number of carbonyl (C=O) groups is 1. The number of rotatable bonds is 7. The Morgan fingerprint density at radius 2 is 1.89 bits per heavy atom. The van der Waals surface area contributed by atoms with Crippen molar-refractivity contribution in [2.45, 2.75) is 11.4 Å². The molecule has 0 spiro atoms. The average Bonchev–Trinajstić information content (AvgIpc) is 3.21. The standard InChI is InChI=1S/C19H18N2O4S2/c1-25-18-10-3-2-9-17(18)21-19(22)14-6-4-8-16(12-14)27(23,24)20-13-15-7-5-11-26-15/h2-12,20H,13H2,1H3,(H,21,22). The van der Waals surface area contributed by atoms with Crippen molar-refractivity contribution < 1.29 is 17.9 Å². The molecule has 0 aliphatic rings. The highest BCUT2D eigenvalue weighted by Gasteiger charge is 2.17. The number of ether oxygens (including phenoxy) is 1. The number of hydrogen-bond donors (Lipinski definition) is 2. The summed E-state index contributed by atoms with van der Waals surface area (Å²) in [7, 11) is -2.21. The summed E-state index contributed by atoms with van der Waals surface area (Å²) < 4.78 is 32.8. The van der Waals surface area contributed by atoms with E-state index in [4.69, 9.17) is 4.74 Å². The molecule has 2 N–H and O–H groups in total. The van der Waals surface area contributed by atoms with Crippen LogP contribution >= 0.6 is 11.3 Å². The van der Waals surface area contributed by atoms with E-state index in [2.05, 4.69) is 10.0 Å². The highest BCUT2D eigenvalue weighted by molar-refractivity contribution is 7.89. The number of nitrogens with one attached hydrogen (secondary N) is 2. The van der Waals surface area contributed by atoms with Gasteiger partial charge in [0.2, 0.25) is 10.0 Å². The van der Waals surface area contributed by atoms with E-state index < -0.39 is 15.9 Å². The van der Waals surface area contributed by atoms with Gasteiger partial charge in [-0.05, 0) is 41.8 Å². The molecule has 0 unspecified atom stereocenters. The number of amides is 1. The molecule has 1 aromatic heterocycles. The molecule has 6 nitrogen and oxygen atoms in total. The van der Waals surface area contributed by atoms with E-state index in [0.717, 1.165) is 4.88 Å². The molecule has 3 aromatic rings. The van der Waals surface area contributed by atoms with Gasteiger partial charge in [0.1, 0.15) is 5.75 Å². The second kappa shape index (κ2) is 8.34. The summed E-state index contributed by atoms with van der Waals surface area (Å²) in [6, 6.07) is 16.6. The van der Waals surface area contributed by atoms with Gasteiger partial charge in [-0.2, -0.15) is 0 Å². The Bertz CT molecular complexity index is 1030. The Morgan fingerprint density at radius 1 is 1.07 bits per heavy atom. The largest absolute Gasteiger partial charge is 0.495 e. The van der Waals surface area contributed by atoms with Gasteiger partial charge >= 0.3 is 0 Å². The zero-order valence-electron chi connectivity index (χ0n) is 14.5. The lowest BCUT2D eigenvalue weighted by Gasteiger charge is -2.11. The zero-order chi connectivity index (χ0) is 19.3. The van der Waals surface area contributed by atoms with Gasteiger partial charge in [0.05, 0.1) is 17.7 Å². The van der Waals surface area contributed by atoms with Crippen LogP contribution < -0.4 is 14.8 Å². The van der Waals surface area contributed by atoms with Crippen molar-refractivity contribution in [3.05, 3.63) is 76.5 Å². The summed E-state index contributed by atoms with van der Waals surface area (Å²) in [4.78, 5) is 13.5. The first-order valence-electron chi connectivity index (χ1n) is 8.06. The zero-order valence-corrected chi connectivity index (χ0v) is 16.1. The number of hydrogen-bond acceptors (Lipinski definition) is 5. The predicted octanol–water partition coefficient (Wildman–Crippen LogP) is 3.49. The van der Waals surface area contributed by atoms with E-state index in [1.807, 2.05) is 17.5 Å². The first kappa shape index (κ1) is 19.1. The minimum absolute atomic E-state index is 0.0340. The molecule has 2 aromatic carbocycles. The van der Waals surface area contributed by atoms with E-state index in [0.29, 0.717) is 11.4 Å². The van der Waals surface area contributed by atoms with Crippen LogP contribution in [-0.4, -0.2) is 21.4 Å². The fraction of sp³-hybridized carbons (Fsp3) is 0.105. The molecule has 1 heterocycles. The quantitative estimate of drug-likeness (QED) is 0.634. The van der Waals surface area contributed by atoms with E-state index >= 15 is 0 Å². The van der Waals surface area contributed by atoms with Crippen LogP contribution in [0.3, 0.4) is 0 Å². The third-order valence-corrected chi connectivity index (χ3v) is 6.05. The van der Waals surface area contributed by atoms with Crippen LogP contribution in [0, 0.1) is 0 Å². The lowest BCUT2D eigenvalue weighted by molar-refractivity contribution is 0.102. The maximum Gasteiger partial charge on any atom is 0.255 e. The molecule has 3 rings (SSSR count). The average molecular weight is 402 g/mol. The molecule has 1 amide bonds. The van der Waals surface area contributed by atoms with Crippen molar-refractivity contribution in [2.75, 3.05) is 12.4 Å². The first-order valence-corrected chi connectivity index (χ1v) is 10.4. The monoisotopic (exact) mass is 402 g/mol. The number of para-hydroxylation sites is 2. The number of methoxy groups -OCH3 is 1. The Balaban J connectivity index is 1.77. The van der Waals surface area contributed by atoms with Crippen molar-refractivity contribution in [1.82, 2.24) is 4.72 Å². The number of sulfonamides is 1. The van der Waals surface area contributed by atoms with Crippen molar-refractivity contribution in [3.8, 4) is 5.75 Å². The van der Waals surface area contributed by atoms with E-state index in [-0.39, 0.29) is 17.0 Å². The van der Waals surface area contributed by atoms with Crippen molar-refractivity contribution in [3.63, 3.8) is 0 Å². The van der Waals surface area contributed by atoms with Crippen LogP contribution in [0.25, 0.3) is 0 Å².